The lowest BCUT2D eigenvalue weighted by molar-refractivity contribution is -0.121. The quantitative estimate of drug-likeness (QED) is 0.844. The fourth-order valence-electron chi connectivity index (χ4n) is 2.44. The van der Waals surface area contributed by atoms with Crippen LogP contribution in [0.25, 0.3) is 0 Å². The van der Waals surface area contributed by atoms with Gasteiger partial charge >= 0.3 is 6.09 Å². The maximum Gasteiger partial charge on any atom is 0.411 e. The normalized spacial score (nSPS) is 11.7. The molecule has 2 aromatic carbocycles. The van der Waals surface area contributed by atoms with Crippen molar-refractivity contribution in [2.75, 3.05) is 31.3 Å². The van der Waals surface area contributed by atoms with Crippen LogP contribution in [0.4, 0.5) is 16.2 Å². The topological polar surface area (TPSA) is 70.7 Å². The van der Waals surface area contributed by atoms with E-state index in [4.69, 9.17) is 0 Å². The van der Waals surface area contributed by atoms with Gasteiger partial charge in [0.05, 0.1) is 7.11 Å². The van der Waals surface area contributed by atoms with Crippen LogP contribution in [0.2, 0.25) is 0 Å². The summed E-state index contributed by atoms with van der Waals surface area (Å²) in [5.74, 6) is -0.107. The number of rotatable bonds is 6. The second kappa shape index (κ2) is 8.84. The van der Waals surface area contributed by atoms with Gasteiger partial charge in [-0.15, -0.1) is 0 Å². The number of nitrogens with one attached hydrogen (secondary N) is 2. The Morgan fingerprint density at radius 1 is 1.00 bits per heavy atom. The largest absolute Gasteiger partial charge is 0.453 e. The number of carbonyl (C=O) groups excluding carboxylic acids is 2. The Labute approximate surface area is 147 Å². The van der Waals surface area contributed by atoms with Crippen LogP contribution in [-0.4, -0.2) is 37.6 Å². The Hall–Kier alpha value is -2.86. The molecule has 0 unspecified atom stereocenters. The molecule has 0 aliphatic carbocycles. The highest BCUT2D eigenvalue weighted by atomic mass is 16.5. The Balaban J connectivity index is 2.11. The molecule has 6 heteroatoms. The van der Waals surface area contributed by atoms with Crippen LogP contribution in [0.3, 0.4) is 0 Å². The highest BCUT2D eigenvalue weighted by Gasteiger charge is 2.24. The van der Waals surface area contributed by atoms with E-state index in [0.717, 1.165) is 12.1 Å². The standard InChI is InChI=1S/C19H23N3O3/c1-4-22(2)17(14-8-6-5-7-9-14)18(23)20-15-10-12-16(13-11-15)21-19(24)25-3/h5-13,17H,4H2,1-3H3,(H,20,23)(H,21,24)/t17-/m0/s1. The molecular formula is C19H23N3O3. The average Bonchev–Trinajstić information content (AvgIpc) is 2.64. The molecule has 0 saturated carbocycles. The molecule has 0 bridgehead atoms. The van der Waals surface area contributed by atoms with Crippen LogP contribution in [0, 0.1) is 0 Å². The summed E-state index contributed by atoms with van der Waals surface area (Å²) >= 11 is 0. The number of carbonyl (C=O) groups is 2. The van der Waals surface area contributed by atoms with Gasteiger partial charge in [0, 0.05) is 11.4 Å². The summed E-state index contributed by atoms with van der Waals surface area (Å²) in [5, 5.41) is 5.49. The van der Waals surface area contributed by atoms with E-state index in [0.29, 0.717) is 11.4 Å². The molecule has 1 atom stereocenters. The molecule has 2 aromatic rings. The predicted octanol–water partition coefficient (Wildman–Crippen LogP) is 3.50. The zero-order chi connectivity index (χ0) is 18.2. The number of anilines is 2. The molecule has 2 rings (SSSR count). The third kappa shape index (κ3) is 5.06. The van der Waals surface area contributed by atoms with Gasteiger partial charge in [0.1, 0.15) is 6.04 Å². The lowest BCUT2D eigenvalue weighted by atomic mass is 10.0. The second-order valence-corrected chi connectivity index (χ2v) is 5.57. The smallest absolute Gasteiger partial charge is 0.411 e. The van der Waals surface area contributed by atoms with Crippen molar-refractivity contribution in [1.82, 2.24) is 4.90 Å². The van der Waals surface area contributed by atoms with Crippen molar-refractivity contribution in [3.63, 3.8) is 0 Å². The molecule has 0 aliphatic rings. The van der Waals surface area contributed by atoms with Gasteiger partial charge in [0.2, 0.25) is 5.91 Å². The van der Waals surface area contributed by atoms with Gasteiger partial charge < -0.3 is 10.1 Å². The predicted molar refractivity (Wildman–Crippen MR) is 98.6 cm³/mol. The third-order valence-corrected chi connectivity index (χ3v) is 3.89. The Morgan fingerprint density at radius 3 is 2.08 bits per heavy atom. The minimum Gasteiger partial charge on any atom is -0.453 e. The molecular weight excluding hydrogens is 318 g/mol. The van der Waals surface area contributed by atoms with E-state index in [1.807, 2.05) is 49.2 Å². The average molecular weight is 341 g/mol. The van der Waals surface area contributed by atoms with Gasteiger partial charge in [-0.25, -0.2) is 4.79 Å². The number of hydrogen-bond acceptors (Lipinski definition) is 4. The molecule has 2 amide bonds. The summed E-state index contributed by atoms with van der Waals surface area (Å²) in [6.07, 6.45) is -0.537. The first-order valence-electron chi connectivity index (χ1n) is 8.06. The van der Waals surface area contributed by atoms with Gasteiger partial charge in [-0.3, -0.25) is 15.0 Å². The lowest BCUT2D eigenvalue weighted by Crippen LogP contribution is -2.34. The third-order valence-electron chi connectivity index (χ3n) is 3.89. The van der Waals surface area contributed by atoms with Crippen molar-refractivity contribution in [3.8, 4) is 0 Å². The van der Waals surface area contributed by atoms with Gasteiger partial charge in [0.25, 0.3) is 0 Å². The van der Waals surface area contributed by atoms with E-state index in [2.05, 4.69) is 15.4 Å². The van der Waals surface area contributed by atoms with Gasteiger partial charge in [-0.1, -0.05) is 37.3 Å². The molecule has 0 aliphatic heterocycles. The van der Waals surface area contributed by atoms with E-state index < -0.39 is 6.09 Å². The Morgan fingerprint density at radius 2 is 1.56 bits per heavy atom. The van der Waals surface area contributed by atoms with Crippen LogP contribution in [-0.2, 0) is 9.53 Å². The number of benzene rings is 2. The number of methoxy groups -OCH3 is 1. The molecule has 0 fully saturated rings. The number of hydrogen-bond donors (Lipinski definition) is 2. The van der Waals surface area contributed by atoms with E-state index >= 15 is 0 Å². The summed E-state index contributed by atoms with van der Waals surface area (Å²) in [6.45, 7) is 2.76. The highest BCUT2D eigenvalue weighted by Crippen LogP contribution is 2.22. The molecule has 6 nitrogen and oxygen atoms in total. The molecule has 0 radical (unpaired) electrons. The van der Waals surface area contributed by atoms with Crippen LogP contribution in [0.5, 0.6) is 0 Å². The molecule has 0 spiro atoms. The summed E-state index contributed by atoms with van der Waals surface area (Å²) in [5.41, 5.74) is 2.19. The van der Waals surface area contributed by atoms with Crippen molar-refractivity contribution < 1.29 is 14.3 Å². The van der Waals surface area contributed by atoms with Crippen LogP contribution in [0.1, 0.15) is 18.5 Å². The number of likely N-dealkylation sites (N-methyl/N-ethyl adjacent to an activating group) is 1. The first-order valence-corrected chi connectivity index (χ1v) is 8.06. The lowest BCUT2D eigenvalue weighted by Gasteiger charge is -2.26. The number of ether oxygens (including phenoxy) is 1. The van der Waals surface area contributed by atoms with E-state index in [1.54, 1.807) is 24.3 Å². The zero-order valence-electron chi connectivity index (χ0n) is 14.7. The molecule has 132 valence electrons. The van der Waals surface area contributed by atoms with E-state index in [1.165, 1.54) is 7.11 Å². The molecule has 0 aromatic heterocycles. The van der Waals surface area contributed by atoms with E-state index in [9.17, 15) is 9.59 Å². The fraction of sp³-hybridized carbons (Fsp3) is 0.263. The van der Waals surface area contributed by atoms with Crippen LogP contribution in [0.15, 0.2) is 54.6 Å². The fourth-order valence-corrected chi connectivity index (χ4v) is 2.44. The van der Waals surface area contributed by atoms with Gasteiger partial charge in [-0.2, -0.15) is 0 Å². The summed E-state index contributed by atoms with van der Waals surface area (Å²) in [7, 11) is 3.22. The monoisotopic (exact) mass is 341 g/mol. The van der Waals surface area contributed by atoms with Gasteiger partial charge in [0.15, 0.2) is 0 Å². The van der Waals surface area contributed by atoms with Crippen molar-refractivity contribution in [3.05, 3.63) is 60.2 Å². The molecule has 0 heterocycles. The van der Waals surface area contributed by atoms with Crippen molar-refractivity contribution in [2.24, 2.45) is 0 Å². The van der Waals surface area contributed by atoms with Crippen molar-refractivity contribution >= 4 is 23.4 Å². The van der Waals surface area contributed by atoms with Gasteiger partial charge in [-0.05, 0) is 43.4 Å². The minimum atomic E-state index is -0.537. The Kier molecular flexibility index (Phi) is 6.54. The maximum atomic E-state index is 12.8. The van der Waals surface area contributed by atoms with Crippen LogP contribution >= 0.6 is 0 Å². The minimum absolute atomic E-state index is 0.107. The van der Waals surface area contributed by atoms with Crippen molar-refractivity contribution in [1.29, 1.82) is 0 Å². The number of nitrogens with zero attached hydrogens (tertiary/aromatic N) is 1. The summed E-state index contributed by atoms with van der Waals surface area (Å²) in [6, 6.07) is 16.2. The first kappa shape index (κ1) is 18.5. The molecule has 2 N–H and O–H groups in total. The SMILES string of the molecule is CCN(C)[C@H](C(=O)Nc1ccc(NC(=O)OC)cc1)c1ccccc1. The summed E-state index contributed by atoms with van der Waals surface area (Å²) < 4.78 is 4.54. The van der Waals surface area contributed by atoms with Crippen LogP contribution < -0.4 is 10.6 Å². The highest BCUT2D eigenvalue weighted by molar-refractivity contribution is 5.96. The maximum absolute atomic E-state index is 12.8. The van der Waals surface area contributed by atoms with Crippen molar-refractivity contribution in [2.45, 2.75) is 13.0 Å². The zero-order valence-corrected chi connectivity index (χ0v) is 14.7. The molecule has 0 saturated heterocycles. The second-order valence-electron chi connectivity index (χ2n) is 5.57. The van der Waals surface area contributed by atoms with E-state index in [-0.39, 0.29) is 11.9 Å². The Bertz CT molecular complexity index is 702. The first-order chi connectivity index (χ1) is 12.0. The summed E-state index contributed by atoms with van der Waals surface area (Å²) in [4.78, 5) is 26.0. The number of amides is 2. The molecule has 25 heavy (non-hydrogen) atoms.